The fraction of sp³-hybridized carbons (Fsp3) is 0.824. The van der Waals surface area contributed by atoms with Crippen LogP contribution in [0.25, 0.3) is 0 Å². The highest BCUT2D eigenvalue weighted by Crippen LogP contribution is 2.38. The molecule has 1 aliphatic carbocycles. The number of allylic oxidation sites excluding steroid dienone is 1. The van der Waals surface area contributed by atoms with Gasteiger partial charge in [0.1, 0.15) is 0 Å². The van der Waals surface area contributed by atoms with Crippen molar-refractivity contribution < 1.29 is 14.7 Å². The molecule has 120 valence electrons. The molecule has 1 N–H and O–H groups in total. The van der Waals surface area contributed by atoms with Gasteiger partial charge < -0.3 is 9.94 Å². The number of hydrogen-bond donors (Lipinski definition) is 1. The Morgan fingerprint density at radius 3 is 2.29 bits per heavy atom. The van der Waals surface area contributed by atoms with Crippen molar-refractivity contribution >= 4 is 5.97 Å². The molecule has 1 atom stereocenters. The van der Waals surface area contributed by atoms with Crippen LogP contribution in [0.4, 0.5) is 0 Å². The quantitative estimate of drug-likeness (QED) is 0.811. The van der Waals surface area contributed by atoms with E-state index < -0.39 is 5.60 Å². The van der Waals surface area contributed by atoms with Gasteiger partial charge in [0.25, 0.3) is 0 Å². The topological polar surface area (TPSA) is 49.8 Å². The number of rotatable bonds is 3. The van der Waals surface area contributed by atoms with E-state index in [9.17, 15) is 9.90 Å². The van der Waals surface area contributed by atoms with Crippen molar-refractivity contribution in [1.29, 1.82) is 0 Å². The van der Waals surface area contributed by atoms with Crippen molar-refractivity contribution in [2.75, 3.05) is 0 Å². The Morgan fingerprint density at radius 1 is 1.14 bits per heavy atom. The molecule has 0 radical (unpaired) electrons. The average molecular weight is 295 g/mol. The minimum Gasteiger partial charge on any atom is -0.385 e. The van der Waals surface area contributed by atoms with Gasteiger partial charge in [-0.3, -0.25) is 4.79 Å². The van der Waals surface area contributed by atoms with Crippen LogP contribution in [0.2, 0.25) is 0 Å². The second-order valence-electron chi connectivity index (χ2n) is 7.81. The van der Waals surface area contributed by atoms with Gasteiger partial charge in [0, 0.05) is 0 Å². The highest BCUT2D eigenvalue weighted by Gasteiger charge is 2.45. The molecule has 1 unspecified atom stereocenters. The van der Waals surface area contributed by atoms with Crippen molar-refractivity contribution in [2.45, 2.75) is 89.3 Å². The summed E-state index contributed by atoms with van der Waals surface area (Å²) in [5, 5.41) is 12.3. The average Bonchev–Trinajstić information content (AvgIpc) is 2.34. The van der Waals surface area contributed by atoms with E-state index in [-0.39, 0.29) is 23.5 Å². The first-order valence-electron chi connectivity index (χ1n) is 8.06. The smallest absolute Gasteiger partial charge is 0.328 e. The van der Waals surface area contributed by atoms with E-state index >= 15 is 0 Å². The van der Waals surface area contributed by atoms with Gasteiger partial charge in [-0.15, -0.1) is 5.06 Å². The molecule has 1 fully saturated rings. The van der Waals surface area contributed by atoms with Crippen LogP contribution in [0, 0.1) is 0 Å². The molecule has 1 heterocycles. The Hall–Kier alpha value is -0.870. The zero-order chi connectivity index (χ0) is 15.7. The fourth-order valence-electron chi connectivity index (χ4n) is 3.67. The van der Waals surface area contributed by atoms with E-state index in [2.05, 4.69) is 27.7 Å². The van der Waals surface area contributed by atoms with Gasteiger partial charge in [-0.2, -0.15) is 0 Å². The number of hydroxylamine groups is 2. The summed E-state index contributed by atoms with van der Waals surface area (Å²) < 4.78 is 0. The molecule has 21 heavy (non-hydrogen) atoms. The maximum atomic E-state index is 12.3. The lowest BCUT2D eigenvalue weighted by Gasteiger charge is -2.50. The molecule has 0 saturated carbocycles. The normalized spacial score (nSPS) is 31.9. The Morgan fingerprint density at radius 2 is 1.76 bits per heavy atom. The summed E-state index contributed by atoms with van der Waals surface area (Å²) in [7, 11) is 0. The van der Waals surface area contributed by atoms with Gasteiger partial charge >= 0.3 is 5.97 Å². The molecule has 0 aromatic carbocycles. The van der Waals surface area contributed by atoms with Crippen LogP contribution in [0.15, 0.2) is 12.2 Å². The number of piperidine rings is 1. The van der Waals surface area contributed by atoms with E-state index in [1.54, 1.807) is 6.08 Å². The van der Waals surface area contributed by atoms with Crippen LogP contribution in [0.5, 0.6) is 0 Å². The van der Waals surface area contributed by atoms with Crippen LogP contribution in [0.3, 0.4) is 0 Å². The summed E-state index contributed by atoms with van der Waals surface area (Å²) in [4.78, 5) is 18.0. The lowest BCUT2D eigenvalue weighted by atomic mass is 9.82. The van der Waals surface area contributed by atoms with E-state index in [0.29, 0.717) is 6.42 Å². The molecule has 0 amide bonds. The number of carbonyl (C=O) groups excluding carboxylic acids is 1. The summed E-state index contributed by atoms with van der Waals surface area (Å²) in [5.74, 6) is -0.341. The molecule has 2 rings (SSSR count). The van der Waals surface area contributed by atoms with Gasteiger partial charge in [0.2, 0.25) is 0 Å². The SMILES string of the molecule is CC1(C)CCCC(C)(C)N1OC(=O)CC1(O)C=CCCC1. The minimum atomic E-state index is -1.03. The predicted octanol–water partition coefficient (Wildman–Crippen LogP) is 3.35. The highest BCUT2D eigenvalue weighted by molar-refractivity contribution is 5.71. The summed E-state index contributed by atoms with van der Waals surface area (Å²) in [5.41, 5.74) is -1.36. The van der Waals surface area contributed by atoms with E-state index in [1.165, 1.54) is 0 Å². The second-order valence-corrected chi connectivity index (χ2v) is 7.81. The lowest BCUT2D eigenvalue weighted by Crippen LogP contribution is -2.59. The molecule has 0 aromatic rings. The van der Waals surface area contributed by atoms with Crippen molar-refractivity contribution in [1.82, 2.24) is 5.06 Å². The van der Waals surface area contributed by atoms with Gasteiger partial charge in [-0.25, -0.2) is 0 Å². The van der Waals surface area contributed by atoms with Crippen LogP contribution < -0.4 is 0 Å². The van der Waals surface area contributed by atoms with Gasteiger partial charge in [-0.1, -0.05) is 12.2 Å². The van der Waals surface area contributed by atoms with Crippen molar-refractivity contribution in [3.63, 3.8) is 0 Å². The fourth-order valence-corrected chi connectivity index (χ4v) is 3.67. The third kappa shape index (κ3) is 3.86. The summed E-state index contributed by atoms with van der Waals surface area (Å²) in [6.07, 6.45) is 9.42. The Bertz CT molecular complexity index is 412. The summed E-state index contributed by atoms with van der Waals surface area (Å²) in [6, 6.07) is 0. The van der Waals surface area contributed by atoms with Crippen LogP contribution in [0.1, 0.15) is 72.6 Å². The zero-order valence-electron chi connectivity index (χ0n) is 13.8. The molecular weight excluding hydrogens is 266 g/mol. The Kier molecular flexibility index (Phi) is 4.50. The predicted molar refractivity (Wildman–Crippen MR) is 82.5 cm³/mol. The first-order valence-corrected chi connectivity index (χ1v) is 8.06. The molecule has 4 nitrogen and oxygen atoms in total. The third-order valence-corrected chi connectivity index (χ3v) is 4.73. The van der Waals surface area contributed by atoms with Gasteiger partial charge in [0.05, 0.1) is 23.1 Å². The minimum absolute atomic E-state index is 0.0339. The molecule has 0 bridgehead atoms. The number of aliphatic hydroxyl groups is 1. The van der Waals surface area contributed by atoms with Crippen molar-refractivity contribution in [3.8, 4) is 0 Å². The molecule has 0 aromatic heterocycles. The standard InChI is InChI=1S/C17H29NO3/c1-15(2)9-8-10-16(3,4)18(15)21-14(19)13-17(20)11-6-5-7-12-17/h6,11,20H,5,7-10,12-13H2,1-4H3. The number of carbonyl (C=O) groups is 1. The van der Waals surface area contributed by atoms with E-state index in [1.807, 2.05) is 11.1 Å². The first-order chi connectivity index (χ1) is 9.65. The molecule has 0 spiro atoms. The summed E-state index contributed by atoms with van der Waals surface area (Å²) in [6.45, 7) is 8.43. The van der Waals surface area contributed by atoms with Crippen molar-refractivity contribution in [2.24, 2.45) is 0 Å². The maximum Gasteiger partial charge on any atom is 0.328 e. The number of hydrogen-bond acceptors (Lipinski definition) is 4. The Labute approximate surface area is 128 Å². The summed E-state index contributed by atoms with van der Waals surface area (Å²) >= 11 is 0. The van der Waals surface area contributed by atoms with Crippen LogP contribution in [-0.4, -0.2) is 32.8 Å². The lowest BCUT2D eigenvalue weighted by molar-refractivity contribution is -0.267. The van der Waals surface area contributed by atoms with Crippen LogP contribution >= 0.6 is 0 Å². The Balaban J connectivity index is 2.03. The monoisotopic (exact) mass is 295 g/mol. The zero-order valence-corrected chi connectivity index (χ0v) is 13.8. The van der Waals surface area contributed by atoms with Crippen LogP contribution in [-0.2, 0) is 9.63 Å². The maximum absolute atomic E-state index is 12.3. The first kappa shape index (κ1) is 16.5. The van der Waals surface area contributed by atoms with E-state index in [4.69, 9.17) is 4.84 Å². The number of nitrogens with zero attached hydrogens (tertiary/aromatic N) is 1. The second kappa shape index (κ2) is 5.73. The van der Waals surface area contributed by atoms with Gasteiger partial charge in [0.15, 0.2) is 0 Å². The van der Waals surface area contributed by atoms with Crippen molar-refractivity contribution in [3.05, 3.63) is 12.2 Å². The highest BCUT2D eigenvalue weighted by atomic mass is 16.7. The molecule has 1 aliphatic heterocycles. The largest absolute Gasteiger partial charge is 0.385 e. The molecule has 4 heteroatoms. The molecule has 2 aliphatic rings. The van der Waals surface area contributed by atoms with Gasteiger partial charge in [-0.05, 0) is 66.2 Å². The third-order valence-electron chi connectivity index (χ3n) is 4.73. The molecule has 1 saturated heterocycles. The molecular formula is C17H29NO3. The van der Waals surface area contributed by atoms with E-state index in [0.717, 1.165) is 32.1 Å².